The molecule has 0 aromatic carbocycles. The van der Waals surface area contributed by atoms with Gasteiger partial charge in [0.2, 0.25) is 0 Å². The number of hydrogen-bond acceptors (Lipinski definition) is 4. The summed E-state index contributed by atoms with van der Waals surface area (Å²) in [5, 5.41) is 15.6. The van der Waals surface area contributed by atoms with Crippen molar-refractivity contribution in [3.8, 4) is 0 Å². The Bertz CT molecular complexity index is 240. The Kier molecular flexibility index (Phi) is 11.6. The summed E-state index contributed by atoms with van der Waals surface area (Å²) in [7, 11) is 0. The third kappa shape index (κ3) is 22.7. The molecule has 0 heterocycles. The molecule has 0 spiro atoms. The lowest BCUT2D eigenvalue weighted by Crippen LogP contribution is -1.99. The van der Waals surface area contributed by atoms with E-state index in [4.69, 9.17) is 10.2 Å². The molecule has 0 aliphatic rings. The predicted molar refractivity (Wildman–Crippen MR) is 56.0 cm³/mol. The van der Waals surface area contributed by atoms with E-state index >= 15 is 0 Å². The standard InChI is InChI=1S/C6H12O2.C4H4O4/c1-3-4-5-8-6(2)7;5-3(6)1-2-4(7)8/h3-5H2,1-2H3;1-2H,(H,5,6)(H,7,8). The van der Waals surface area contributed by atoms with Gasteiger partial charge in [-0.3, -0.25) is 4.79 Å². The van der Waals surface area contributed by atoms with Gasteiger partial charge >= 0.3 is 17.9 Å². The molecule has 0 atom stereocenters. The molecular weight excluding hydrogens is 216 g/mol. The van der Waals surface area contributed by atoms with Crippen molar-refractivity contribution in [2.75, 3.05) is 6.61 Å². The average Bonchev–Trinajstić information content (AvgIpc) is 2.16. The third-order valence-electron chi connectivity index (χ3n) is 1.17. The Morgan fingerprint density at radius 2 is 1.56 bits per heavy atom. The van der Waals surface area contributed by atoms with Crippen LogP contribution in [0.5, 0.6) is 0 Å². The summed E-state index contributed by atoms with van der Waals surface area (Å²) in [5.74, 6) is -2.70. The summed E-state index contributed by atoms with van der Waals surface area (Å²) in [6.07, 6.45) is 3.16. The molecule has 2 N–H and O–H groups in total. The van der Waals surface area contributed by atoms with Crippen LogP contribution >= 0.6 is 0 Å². The van der Waals surface area contributed by atoms with Crippen LogP contribution in [-0.2, 0) is 19.1 Å². The molecule has 0 aromatic heterocycles. The van der Waals surface area contributed by atoms with Crippen LogP contribution in [0.1, 0.15) is 26.7 Å². The predicted octanol–water partition coefficient (Wildman–Crippen LogP) is 1.06. The van der Waals surface area contributed by atoms with Crippen LogP contribution in [0, 0.1) is 0 Å². The molecular formula is C10H16O6. The molecule has 0 aromatic rings. The maximum absolute atomic E-state index is 10.1. The Hall–Kier alpha value is -1.85. The van der Waals surface area contributed by atoms with Gasteiger partial charge in [0.15, 0.2) is 0 Å². The first kappa shape index (κ1) is 16.6. The highest BCUT2D eigenvalue weighted by atomic mass is 16.5. The number of hydrogen-bond donors (Lipinski definition) is 2. The Balaban J connectivity index is 0. The van der Waals surface area contributed by atoms with Gasteiger partial charge in [-0.05, 0) is 6.42 Å². The van der Waals surface area contributed by atoms with E-state index < -0.39 is 11.9 Å². The van der Waals surface area contributed by atoms with Crippen molar-refractivity contribution in [1.82, 2.24) is 0 Å². The number of aliphatic carboxylic acids is 2. The van der Waals surface area contributed by atoms with Gasteiger partial charge in [-0.2, -0.15) is 0 Å². The topological polar surface area (TPSA) is 101 Å². The molecule has 0 unspecified atom stereocenters. The summed E-state index contributed by atoms with van der Waals surface area (Å²) in [5.41, 5.74) is 0. The molecule has 0 aliphatic carbocycles. The second-order valence-corrected chi connectivity index (χ2v) is 2.70. The van der Waals surface area contributed by atoms with E-state index in [-0.39, 0.29) is 5.97 Å². The molecule has 16 heavy (non-hydrogen) atoms. The second kappa shape index (κ2) is 11.2. The summed E-state index contributed by atoms with van der Waals surface area (Å²) >= 11 is 0. The summed E-state index contributed by atoms with van der Waals surface area (Å²) < 4.78 is 4.64. The van der Waals surface area contributed by atoms with Crippen molar-refractivity contribution in [1.29, 1.82) is 0 Å². The fourth-order valence-electron chi connectivity index (χ4n) is 0.503. The minimum atomic E-state index is -1.26. The average molecular weight is 232 g/mol. The largest absolute Gasteiger partial charge is 0.478 e. The Morgan fingerprint density at radius 1 is 1.12 bits per heavy atom. The van der Waals surface area contributed by atoms with E-state index in [2.05, 4.69) is 11.7 Å². The van der Waals surface area contributed by atoms with Gasteiger partial charge in [0.05, 0.1) is 6.61 Å². The van der Waals surface area contributed by atoms with Crippen molar-refractivity contribution in [2.24, 2.45) is 0 Å². The van der Waals surface area contributed by atoms with E-state index in [9.17, 15) is 14.4 Å². The number of esters is 1. The van der Waals surface area contributed by atoms with Gasteiger partial charge in [0.1, 0.15) is 0 Å². The summed E-state index contributed by atoms with van der Waals surface area (Å²) in [6.45, 7) is 4.06. The maximum atomic E-state index is 10.1. The first-order valence-electron chi connectivity index (χ1n) is 4.67. The number of carbonyl (C=O) groups excluding carboxylic acids is 1. The highest BCUT2D eigenvalue weighted by molar-refractivity contribution is 5.89. The van der Waals surface area contributed by atoms with Crippen LogP contribution < -0.4 is 0 Å². The molecule has 0 saturated heterocycles. The fourth-order valence-corrected chi connectivity index (χ4v) is 0.503. The first-order valence-corrected chi connectivity index (χ1v) is 4.67. The number of ether oxygens (including phenoxy) is 1. The monoisotopic (exact) mass is 232 g/mol. The Labute approximate surface area is 93.5 Å². The number of carboxylic acids is 2. The van der Waals surface area contributed by atoms with Crippen LogP contribution in [0.15, 0.2) is 12.2 Å². The molecule has 0 bridgehead atoms. The lowest BCUT2D eigenvalue weighted by atomic mass is 10.4. The lowest BCUT2D eigenvalue weighted by Gasteiger charge is -1.96. The smallest absolute Gasteiger partial charge is 0.328 e. The van der Waals surface area contributed by atoms with Crippen LogP contribution in [0.3, 0.4) is 0 Å². The van der Waals surface area contributed by atoms with E-state index in [1.165, 1.54) is 6.92 Å². The number of rotatable bonds is 5. The van der Waals surface area contributed by atoms with Gasteiger partial charge < -0.3 is 14.9 Å². The molecule has 0 aliphatic heterocycles. The number of carbonyl (C=O) groups is 3. The molecule has 0 radical (unpaired) electrons. The second-order valence-electron chi connectivity index (χ2n) is 2.70. The normalized spacial score (nSPS) is 9.12. The highest BCUT2D eigenvalue weighted by Crippen LogP contribution is 1.86. The molecule has 0 fully saturated rings. The van der Waals surface area contributed by atoms with E-state index in [0.29, 0.717) is 18.8 Å². The molecule has 92 valence electrons. The molecule has 0 saturated carbocycles. The van der Waals surface area contributed by atoms with Crippen LogP contribution in [0.2, 0.25) is 0 Å². The SMILES string of the molecule is CCCCOC(C)=O.O=C(O)C=CC(=O)O. The van der Waals surface area contributed by atoms with Gasteiger partial charge in [0.25, 0.3) is 0 Å². The minimum Gasteiger partial charge on any atom is -0.478 e. The Morgan fingerprint density at radius 3 is 1.81 bits per heavy atom. The fraction of sp³-hybridized carbons (Fsp3) is 0.500. The first-order chi connectivity index (χ1) is 7.40. The zero-order valence-electron chi connectivity index (χ0n) is 9.30. The van der Waals surface area contributed by atoms with Crippen LogP contribution in [-0.4, -0.2) is 34.7 Å². The van der Waals surface area contributed by atoms with Gasteiger partial charge in [0, 0.05) is 19.1 Å². The molecule has 0 rings (SSSR count). The third-order valence-corrected chi connectivity index (χ3v) is 1.17. The van der Waals surface area contributed by atoms with Crippen molar-refractivity contribution in [3.63, 3.8) is 0 Å². The van der Waals surface area contributed by atoms with Gasteiger partial charge in [-0.1, -0.05) is 13.3 Å². The minimum absolute atomic E-state index is 0.182. The quantitative estimate of drug-likeness (QED) is 0.417. The van der Waals surface area contributed by atoms with E-state index in [0.717, 1.165) is 12.8 Å². The number of carboxylic acid groups (broad SMARTS) is 2. The van der Waals surface area contributed by atoms with Gasteiger partial charge in [-0.25, -0.2) is 9.59 Å². The molecule has 0 amide bonds. The van der Waals surface area contributed by atoms with Crippen LogP contribution in [0.4, 0.5) is 0 Å². The van der Waals surface area contributed by atoms with E-state index in [1.807, 2.05) is 0 Å². The maximum Gasteiger partial charge on any atom is 0.328 e. The van der Waals surface area contributed by atoms with Crippen LogP contribution in [0.25, 0.3) is 0 Å². The lowest BCUT2D eigenvalue weighted by molar-refractivity contribution is -0.141. The molecule has 6 nitrogen and oxygen atoms in total. The summed E-state index contributed by atoms with van der Waals surface area (Å²) in [6, 6.07) is 0. The highest BCUT2D eigenvalue weighted by Gasteiger charge is 1.88. The number of unbranched alkanes of at least 4 members (excludes halogenated alkanes) is 1. The van der Waals surface area contributed by atoms with Crippen molar-refractivity contribution < 1.29 is 29.3 Å². The zero-order chi connectivity index (χ0) is 13.0. The summed E-state index contributed by atoms with van der Waals surface area (Å²) in [4.78, 5) is 29.2. The van der Waals surface area contributed by atoms with Crippen molar-refractivity contribution in [2.45, 2.75) is 26.7 Å². The zero-order valence-corrected chi connectivity index (χ0v) is 9.30. The van der Waals surface area contributed by atoms with E-state index in [1.54, 1.807) is 0 Å². The molecule has 6 heteroatoms. The van der Waals surface area contributed by atoms with Crippen molar-refractivity contribution in [3.05, 3.63) is 12.2 Å². The van der Waals surface area contributed by atoms with Crippen molar-refractivity contribution >= 4 is 17.9 Å². The van der Waals surface area contributed by atoms with Gasteiger partial charge in [-0.15, -0.1) is 0 Å².